The summed E-state index contributed by atoms with van der Waals surface area (Å²) < 4.78 is 69.8. The van der Waals surface area contributed by atoms with E-state index >= 15 is 0 Å². The standard InChI is InChI=1S/C31H65NO3.C24H51NO3.2C18H39NO3/c1-4-7-10-13-16-19-22-28-35-31-25-32(23-29-33-26-20-17-14-11-8-5-2)24-30-34-27-21-18-15-12-9-6-3;1-4-7-10-13-19-26-22-16-25(17-23-27-20-14-11-8-5-2)18-24-28-21-15-12-9-6-3;1-16(2,3)20-13-10-19(11-14-21-17(4,5)6)12-15-22-18(7,8)9;1-4-7-13-20-16-10-19(11-17-21-14-8-5-2)12-18-22-15-9-6-3/h4-31H2,1-3H3;4-24H2,1-3H3;10-15H2,1-9H3;4-18H2,1-3H3. The van der Waals surface area contributed by atoms with Gasteiger partial charge in [0.2, 0.25) is 0 Å². The van der Waals surface area contributed by atoms with Crippen molar-refractivity contribution in [2.75, 3.05) is 217 Å². The molecule has 0 aliphatic rings. The first kappa shape index (κ1) is 113. The molecule has 0 rings (SSSR count). The number of nitrogens with zero attached hydrogens (tertiary/aromatic N) is 4. The molecule has 0 aliphatic carbocycles. The summed E-state index contributed by atoms with van der Waals surface area (Å²) in [5.41, 5.74) is -0.263. The van der Waals surface area contributed by atoms with Crippen LogP contribution in [0.5, 0.6) is 0 Å². The first-order valence-corrected chi connectivity index (χ1v) is 45.8. The molecule has 16 nitrogen and oxygen atoms in total. The summed E-state index contributed by atoms with van der Waals surface area (Å²) >= 11 is 0. The van der Waals surface area contributed by atoms with E-state index in [0.717, 1.165) is 237 Å². The maximum atomic E-state index is 5.95. The third-order valence-corrected chi connectivity index (χ3v) is 18.3. The van der Waals surface area contributed by atoms with Crippen molar-refractivity contribution in [3.63, 3.8) is 0 Å². The minimum absolute atomic E-state index is 0.0878. The first-order valence-electron chi connectivity index (χ1n) is 45.8. The van der Waals surface area contributed by atoms with Crippen molar-refractivity contribution in [2.24, 2.45) is 0 Å². The Balaban J connectivity index is -0.000000674. The maximum Gasteiger partial charge on any atom is 0.0600 e. The normalized spacial score (nSPS) is 12.1. The van der Waals surface area contributed by atoms with Gasteiger partial charge in [-0.3, -0.25) is 19.6 Å². The van der Waals surface area contributed by atoms with Gasteiger partial charge in [-0.15, -0.1) is 0 Å². The van der Waals surface area contributed by atoms with E-state index in [1.54, 1.807) is 0 Å². The second-order valence-corrected chi connectivity index (χ2v) is 32.7. The second-order valence-electron chi connectivity index (χ2n) is 32.7. The molecule has 0 amide bonds. The highest BCUT2D eigenvalue weighted by molar-refractivity contribution is 4.67. The monoisotopic (exact) mass is 1540 g/mol. The van der Waals surface area contributed by atoms with Crippen LogP contribution in [-0.2, 0) is 56.8 Å². The third kappa shape index (κ3) is 107. The molecule has 0 aromatic rings. The quantitative estimate of drug-likeness (QED) is 0.0536. The molecule has 650 valence electrons. The van der Waals surface area contributed by atoms with Gasteiger partial charge >= 0.3 is 0 Å². The van der Waals surface area contributed by atoms with Crippen LogP contribution in [0.25, 0.3) is 0 Å². The molecular weight excluding hydrogens is 1340 g/mol. The summed E-state index contributed by atoms with van der Waals surface area (Å²) in [6.07, 6.45) is 47.5. The van der Waals surface area contributed by atoms with Gasteiger partial charge < -0.3 is 56.8 Å². The van der Waals surface area contributed by atoms with Crippen molar-refractivity contribution >= 4 is 0 Å². The summed E-state index contributed by atoms with van der Waals surface area (Å²) in [5, 5.41) is 0. The average Bonchev–Trinajstić information content (AvgIpc) is 1.07. The van der Waals surface area contributed by atoms with Crippen LogP contribution in [0.2, 0.25) is 0 Å². The smallest absolute Gasteiger partial charge is 0.0600 e. The number of hydrogen-bond acceptors (Lipinski definition) is 16. The van der Waals surface area contributed by atoms with Gasteiger partial charge in [0, 0.05) is 138 Å². The fourth-order valence-electron chi connectivity index (χ4n) is 11.2. The van der Waals surface area contributed by atoms with Gasteiger partial charge in [0.25, 0.3) is 0 Å². The summed E-state index contributed by atoms with van der Waals surface area (Å²) in [7, 11) is 0. The lowest BCUT2D eigenvalue weighted by atomic mass is 10.1. The molecule has 0 aliphatic heterocycles. The third-order valence-electron chi connectivity index (χ3n) is 18.3. The van der Waals surface area contributed by atoms with E-state index in [-0.39, 0.29) is 16.8 Å². The molecule has 16 heteroatoms. The van der Waals surface area contributed by atoms with Crippen molar-refractivity contribution in [3.8, 4) is 0 Å². The molecule has 0 saturated heterocycles. The van der Waals surface area contributed by atoms with Crippen LogP contribution >= 0.6 is 0 Å². The fourth-order valence-corrected chi connectivity index (χ4v) is 11.2. The lowest BCUT2D eigenvalue weighted by Gasteiger charge is -2.28. The van der Waals surface area contributed by atoms with Gasteiger partial charge in [-0.1, -0.05) is 242 Å². The van der Waals surface area contributed by atoms with Crippen LogP contribution in [0.15, 0.2) is 0 Å². The maximum absolute atomic E-state index is 5.95. The van der Waals surface area contributed by atoms with Gasteiger partial charge in [-0.2, -0.15) is 0 Å². The van der Waals surface area contributed by atoms with Crippen molar-refractivity contribution in [1.82, 2.24) is 19.6 Å². The van der Waals surface area contributed by atoms with Crippen molar-refractivity contribution < 1.29 is 56.8 Å². The van der Waals surface area contributed by atoms with Crippen LogP contribution in [0.1, 0.15) is 362 Å². The Hall–Kier alpha value is -0.640. The zero-order chi connectivity index (χ0) is 79.8. The minimum Gasteiger partial charge on any atom is -0.380 e. The second kappa shape index (κ2) is 92.5. The van der Waals surface area contributed by atoms with Crippen LogP contribution in [0.3, 0.4) is 0 Å². The molecule has 0 heterocycles. The Morgan fingerprint density at radius 3 is 0.411 bits per heavy atom. The van der Waals surface area contributed by atoms with E-state index in [1.165, 1.54) is 218 Å². The van der Waals surface area contributed by atoms with Crippen molar-refractivity contribution in [3.05, 3.63) is 0 Å². The molecule has 0 fully saturated rings. The molecule has 0 N–H and O–H groups in total. The lowest BCUT2D eigenvalue weighted by molar-refractivity contribution is -0.0448. The predicted molar refractivity (Wildman–Crippen MR) is 462 cm³/mol. The Labute approximate surface area is 669 Å². The largest absolute Gasteiger partial charge is 0.380 e. The fraction of sp³-hybridized carbons (Fsp3) is 1.00. The summed E-state index contributed by atoms with van der Waals surface area (Å²) in [6, 6.07) is 0. The number of hydrogen-bond donors (Lipinski definition) is 0. The van der Waals surface area contributed by atoms with E-state index in [2.05, 4.69) is 144 Å². The zero-order valence-electron chi connectivity index (χ0n) is 75.7. The predicted octanol–water partition coefficient (Wildman–Crippen LogP) is 22.4. The summed E-state index contributed by atoms with van der Waals surface area (Å²) in [6.45, 7) is 68.0. The van der Waals surface area contributed by atoms with E-state index < -0.39 is 0 Å². The van der Waals surface area contributed by atoms with Crippen LogP contribution in [0, 0.1) is 0 Å². The zero-order valence-corrected chi connectivity index (χ0v) is 75.7. The Kier molecular flexibility index (Phi) is 97.4. The Morgan fingerprint density at radius 1 is 0.140 bits per heavy atom. The number of rotatable bonds is 82. The van der Waals surface area contributed by atoms with E-state index in [1.807, 2.05) is 0 Å². The van der Waals surface area contributed by atoms with Crippen molar-refractivity contribution in [2.45, 2.75) is 379 Å². The SMILES string of the molecule is CC(C)(C)OCCN(CCOC(C)(C)C)CCOC(C)(C)C.CCCCCCCCCOCCN(CCOCCCCCCCC)CCOCCCCCCCC.CCCCCCOCCN(CCOCCCCCC)CCOCCCCCC.CCCCOCCN(CCOCCCC)CCOCCCC. The van der Waals surface area contributed by atoms with E-state index in [0.29, 0.717) is 0 Å². The molecular formula is C91H194N4O12. The molecule has 0 aromatic carbocycles. The lowest BCUT2D eigenvalue weighted by Crippen LogP contribution is -2.38. The topological polar surface area (TPSA) is 124 Å². The van der Waals surface area contributed by atoms with Gasteiger partial charge in [-0.25, -0.2) is 0 Å². The minimum atomic E-state index is -0.0878. The highest BCUT2D eigenvalue weighted by Gasteiger charge is 2.17. The van der Waals surface area contributed by atoms with Crippen LogP contribution < -0.4 is 0 Å². The highest BCUT2D eigenvalue weighted by Crippen LogP contribution is 2.13. The first-order chi connectivity index (χ1) is 51.8. The van der Waals surface area contributed by atoms with Gasteiger partial charge in [0.05, 0.1) is 96.1 Å². The number of unbranched alkanes of at least 4 members (excludes halogenated alkanes) is 28. The molecule has 0 aromatic heterocycles. The molecule has 0 atom stereocenters. The summed E-state index contributed by atoms with van der Waals surface area (Å²) in [4.78, 5) is 9.64. The van der Waals surface area contributed by atoms with E-state index in [9.17, 15) is 0 Å². The molecule has 0 spiro atoms. The molecule has 107 heavy (non-hydrogen) atoms. The molecule has 0 saturated carbocycles. The Bertz CT molecular complexity index is 1430. The van der Waals surface area contributed by atoms with Crippen LogP contribution in [0.4, 0.5) is 0 Å². The number of ether oxygens (including phenoxy) is 12. The van der Waals surface area contributed by atoms with E-state index in [4.69, 9.17) is 56.8 Å². The summed E-state index contributed by atoms with van der Waals surface area (Å²) in [5.74, 6) is 0. The van der Waals surface area contributed by atoms with Gasteiger partial charge in [0.1, 0.15) is 0 Å². The molecule has 0 radical (unpaired) electrons. The average molecular weight is 1540 g/mol. The van der Waals surface area contributed by atoms with Crippen molar-refractivity contribution in [1.29, 1.82) is 0 Å². The molecule has 0 bridgehead atoms. The Morgan fingerprint density at radius 2 is 0.262 bits per heavy atom. The van der Waals surface area contributed by atoms with Gasteiger partial charge in [-0.05, 0) is 120 Å². The van der Waals surface area contributed by atoms with Crippen LogP contribution in [-0.4, -0.2) is 254 Å². The molecule has 0 unspecified atom stereocenters. The highest BCUT2D eigenvalue weighted by atomic mass is 16.5. The van der Waals surface area contributed by atoms with Gasteiger partial charge in [0.15, 0.2) is 0 Å².